The van der Waals surface area contributed by atoms with E-state index in [2.05, 4.69) is 15.5 Å². The van der Waals surface area contributed by atoms with Gasteiger partial charge in [-0.3, -0.25) is 19.3 Å². The van der Waals surface area contributed by atoms with Crippen LogP contribution in [0.1, 0.15) is 89.9 Å². The Morgan fingerprint density at radius 1 is 0.839 bits per heavy atom. The zero-order chi connectivity index (χ0) is 22.2. The molecule has 0 bridgehead atoms. The SMILES string of the molecule is NC(N)=N/N=C1/C(=O)N(C2CCCCCCC2)C(=O)[C@@H]1C(=O)NC1CCCCCCC1. The summed E-state index contributed by atoms with van der Waals surface area (Å²) in [6, 6.07) is -0.195. The van der Waals surface area contributed by atoms with Crippen molar-refractivity contribution >= 4 is 29.4 Å². The van der Waals surface area contributed by atoms with Crippen molar-refractivity contribution in [3.05, 3.63) is 0 Å². The molecule has 1 heterocycles. The molecule has 1 atom stereocenters. The summed E-state index contributed by atoms with van der Waals surface area (Å²) in [5.74, 6) is -3.12. The van der Waals surface area contributed by atoms with Crippen molar-refractivity contribution in [1.29, 1.82) is 0 Å². The third-order valence-electron chi connectivity index (χ3n) is 6.62. The van der Waals surface area contributed by atoms with Crippen molar-refractivity contribution in [1.82, 2.24) is 10.2 Å². The highest BCUT2D eigenvalue weighted by molar-refractivity contribution is 6.54. The maximum absolute atomic E-state index is 13.3. The summed E-state index contributed by atoms with van der Waals surface area (Å²) in [5, 5.41) is 10.5. The second-order valence-electron chi connectivity index (χ2n) is 9.01. The number of carbonyl (C=O) groups excluding carboxylic acids is 3. The Bertz CT molecular complexity index is 715. The van der Waals surface area contributed by atoms with Gasteiger partial charge in [0.05, 0.1) is 0 Å². The number of imide groups is 1. The minimum absolute atomic E-state index is 0.00970. The molecule has 5 N–H and O–H groups in total. The Balaban J connectivity index is 1.81. The molecule has 0 radical (unpaired) electrons. The van der Waals surface area contributed by atoms with Crippen molar-refractivity contribution in [3.8, 4) is 0 Å². The molecule has 2 saturated carbocycles. The quantitative estimate of drug-likeness (QED) is 0.204. The van der Waals surface area contributed by atoms with Crippen LogP contribution in [0, 0.1) is 5.92 Å². The second kappa shape index (κ2) is 11.2. The lowest BCUT2D eigenvalue weighted by atomic mass is 9.95. The minimum atomic E-state index is -1.29. The molecule has 0 aromatic heterocycles. The fourth-order valence-electron chi connectivity index (χ4n) is 4.97. The van der Waals surface area contributed by atoms with Gasteiger partial charge in [0.1, 0.15) is 0 Å². The van der Waals surface area contributed by atoms with Gasteiger partial charge in [-0.05, 0) is 25.7 Å². The average molecular weight is 433 g/mol. The third-order valence-corrected chi connectivity index (χ3v) is 6.62. The molecule has 0 spiro atoms. The Labute approximate surface area is 184 Å². The van der Waals surface area contributed by atoms with Gasteiger partial charge in [-0.25, -0.2) is 0 Å². The van der Waals surface area contributed by atoms with E-state index in [-0.39, 0.29) is 23.8 Å². The summed E-state index contributed by atoms with van der Waals surface area (Å²) in [6.45, 7) is 0. The topological polar surface area (TPSA) is 143 Å². The Morgan fingerprint density at radius 3 is 1.90 bits per heavy atom. The summed E-state index contributed by atoms with van der Waals surface area (Å²) in [4.78, 5) is 40.9. The molecular weight excluding hydrogens is 396 g/mol. The first kappa shape index (κ1) is 23.2. The zero-order valence-corrected chi connectivity index (χ0v) is 18.4. The molecule has 3 rings (SSSR count). The first-order valence-electron chi connectivity index (χ1n) is 11.8. The largest absolute Gasteiger partial charge is 0.369 e. The van der Waals surface area contributed by atoms with Crippen molar-refractivity contribution in [2.45, 2.75) is 102 Å². The highest BCUT2D eigenvalue weighted by Gasteiger charge is 2.51. The van der Waals surface area contributed by atoms with E-state index >= 15 is 0 Å². The van der Waals surface area contributed by atoms with E-state index in [1.807, 2.05) is 0 Å². The number of nitrogens with two attached hydrogens (primary N) is 2. The average Bonchev–Trinajstić information content (AvgIpc) is 2.92. The van der Waals surface area contributed by atoms with Crippen molar-refractivity contribution in [2.75, 3.05) is 0 Å². The van der Waals surface area contributed by atoms with E-state index in [1.165, 1.54) is 17.7 Å². The van der Waals surface area contributed by atoms with E-state index in [4.69, 9.17) is 11.5 Å². The van der Waals surface area contributed by atoms with Gasteiger partial charge in [-0.1, -0.05) is 64.2 Å². The van der Waals surface area contributed by atoms with Crippen LogP contribution in [0.15, 0.2) is 10.2 Å². The maximum atomic E-state index is 13.3. The normalized spacial score (nSPS) is 26.1. The van der Waals surface area contributed by atoms with Crippen LogP contribution >= 0.6 is 0 Å². The predicted octanol–water partition coefficient (Wildman–Crippen LogP) is 1.94. The molecule has 1 aliphatic heterocycles. The molecule has 0 aromatic rings. The fraction of sp³-hybridized carbons (Fsp3) is 0.773. The maximum Gasteiger partial charge on any atom is 0.278 e. The van der Waals surface area contributed by atoms with Gasteiger partial charge in [0, 0.05) is 12.1 Å². The monoisotopic (exact) mass is 432 g/mol. The van der Waals surface area contributed by atoms with E-state index in [0.717, 1.165) is 77.0 Å². The standard InChI is InChI=1S/C22H36N6O3/c23-22(24)27-26-18-17(19(29)25-15-11-7-3-1-4-8-12-15)20(30)28(21(18)31)16-13-9-5-2-6-10-14-16/h15-17H,1-14H2,(H,25,29)(H4,23,24,27)/b26-18+/t17-/m0/s1. The van der Waals surface area contributed by atoms with Crippen LogP contribution in [-0.4, -0.2) is 46.4 Å². The number of rotatable bonds is 4. The number of likely N-dealkylation sites (tertiary alicyclic amines) is 1. The summed E-state index contributed by atoms with van der Waals surface area (Å²) < 4.78 is 0. The Kier molecular flexibility index (Phi) is 8.43. The third kappa shape index (κ3) is 6.04. The highest BCUT2D eigenvalue weighted by Crippen LogP contribution is 2.28. The Hall–Kier alpha value is -2.45. The molecule has 9 nitrogen and oxygen atoms in total. The van der Waals surface area contributed by atoms with Crippen molar-refractivity contribution < 1.29 is 14.4 Å². The number of hydrogen-bond donors (Lipinski definition) is 3. The van der Waals surface area contributed by atoms with Crippen molar-refractivity contribution in [2.24, 2.45) is 27.6 Å². The number of nitrogens with zero attached hydrogens (tertiary/aromatic N) is 3. The predicted molar refractivity (Wildman–Crippen MR) is 119 cm³/mol. The van der Waals surface area contributed by atoms with Crippen molar-refractivity contribution in [3.63, 3.8) is 0 Å². The molecule has 172 valence electrons. The molecule has 9 heteroatoms. The lowest BCUT2D eigenvalue weighted by Gasteiger charge is -2.28. The first-order chi connectivity index (χ1) is 15.0. The summed E-state index contributed by atoms with van der Waals surface area (Å²) >= 11 is 0. The molecule has 31 heavy (non-hydrogen) atoms. The molecule has 3 fully saturated rings. The van der Waals surface area contributed by atoms with Gasteiger partial charge in [-0.2, -0.15) is 0 Å². The van der Waals surface area contributed by atoms with Crippen LogP contribution in [-0.2, 0) is 14.4 Å². The lowest BCUT2D eigenvalue weighted by Crippen LogP contribution is -2.45. The number of hydrogen-bond acceptors (Lipinski definition) is 5. The fourth-order valence-corrected chi connectivity index (χ4v) is 4.97. The van der Waals surface area contributed by atoms with Gasteiger partial charge in [-0.15, -0.1) is 10.2 Å². The van der Waals surface area contributed by atoms with Gasteiger partial charge in [0.15, 0.2) is 11.6 Å². The second-order valence-corrected chi connectivity index (χ2v) is 9.01. The van der Waals surface area contributed by atoms with Gasteiger partial charge >= 0.3 is 0 Å². The molecule has 0 aromatic carbocycles. The first-order valence-corrected chi connectivity index (χ1v) is 11.8. The summed E-state index contributed by atoms with van der Waals surface area (Å²) in [7, 11) is 0. The molecule has 1 saturated heterocycles. The van der Waals surface area contributed by atoms with Gasteiger partial charge < -0.3 is 16.8 Å². The minimum Gasteiger partial charge on any atom is -0.369 e. The molecule has 2 aliphatic carbocycles. The van der Waals surface area contributed by atoms with Gasteiger partial charge in [0.25, 0.3) is 5.91 Å². The van der Waals surface area contributed by atoms with Crippen LogP contribution in [0.5, 0.6) is 0 Å². The number of amides is 3. The van der Waals surface area contributed by atoms with Crippen LogP contribution in [0.2, 0.25) is 0 Å². The molecule has 3 aliphatic rings. The molecule has 3 amide bonds. The van der Waals surface area contributed by atoms with E-state index in [9.17, 15) is 14.4 Å². The molecular formula is C22H36N6O3. The lowest BCUT2D eigenvalue weighted by molar-refractivity contribution is -0.143. The van der Waals surface area contributed by atoms with E-state index < -0.39 is 23.6 Å². The Morgan fingerprint density at radius 2 is 1.35 bits per heavy atom. The van der Waals surface area contributed by atoms with E-state index in [1.54, 1.807) is 0 Å². The number of carbonyl (C=O) groups is 3. The van der Waals surface area contributed by atoms with Gasteiger partial charge in [0.2, 0.25) is 17.8 Å². The van der Waals surface area contributed by atoms with Crippen LogP contribution < -0.4 is 16.8 Å². The zero-order valence-electron chi connectivity index (χ0n) is 18.4. The molecule has 0 unspecified atom stereocenters. The van der Waals surface area contributed by atoms with Crippen LogP contribution in [0.3, 0.4) is 0 Å². The van der Waals surface area contributed by atoms with E-state index in [0.29, 0.717) is 0 Å². The smallest absolute Gasteiger partial charge is 0.278 e. The highest BCUT2D eigenvalue weighted by atomic mass is 16.2. The van der Waals surface area contributed by atoms with Crippen LogP contribution in [0.25, 0.3) is 0 Å². The number of nitrogens with one attached hydrogen (secondary N) is 1. The summed E-state index contributed by atoms with van der Waals surface area (Å²) in [6.07, 6.45) is 14.2. The van der Waals surface area contributed by atoms with Crippen LogP contribution in [0.4, 0.5) is 0 Å². The number of guanidine groups is 1. The summed E-state index contributed by atoms with van der Waals surface area (Å²) in [5.41, 5.74) is 10.6.